The van der Waals surface area contributed by atoms with E-state index in [-0.39, 0.29) is 23.0 Å². The number of benzene rings is 1. The van der Waals surface area contributed by atoms with Gasteiger partial charge in [-0.15, -0.1) is 5.10 Å². The van der Waals surface area contributed by atoms with E-state index in [2.05, 4.69) is 35.9 Å². The van der Waals surface area contributed by atoms with Crippen LogP contribution < -0.4 is 10.6 Å². The largest absolute Gasteiger partial charge is 0.441 e. The molecule has 1 aromatic carbocycles. The number of aromatic nitrogens is 6. The number of aryl methyl sites for hydroxylation is 1. The molecule has 4 heterocycles. The third-order valence-electron chi connectivity index (χ3n) is 6.01. The Hall–Kier alpha value is -5.59. The standard InChI is InChI=1S/C28H22F2N8O3/c1-16(22-12-20(29)15-33-25(22)30)41-28(40)35-26-24(36-37-38(26)2)23-10-7-19(14-32-23)27(39)34-21-8-5-17(6-9-21)18-4-3-11-31-13-18/h3-16H,1-2H3,(H,34,39)(H,35,40)/t16-/m1/s1. The molecule has 11 nitrogen and oxygen atoms in total. The minimum atomic E-state index is -1.13. The van der Waals surface area contributed by atoms with Gasteiger partial charge in [-0.3, -0.25) is 20.1 Å². The molecule has 0 unspecified atom stereocenters. The maximum atomic E-state index is 13.9. The Morgan fingerprint density at radius 1 is 0.951 bits per heavy atom. The second-order valence-electron chi connectivity index (χ2n) is 8.82. The quantitative estimate of drug-likeness (QED) is 0.262. The van der Waals surface area contributed by atoms with Crippen LogP contribution in [-0.2, 0) is 11.8 Å². The topological polar surface area (TPSA) is 137 Å². The average molecular weight is 557 g/mol. The lowest BCUT2D eigenvalue weighted by atomic mass is 10.1. The van der Waals surface area contributed by atoms with Crippen LogP contribution in [0.2, 0.25) is 0 Å². The van der Waals surface area contributed by atoms with Gasteiger partial charge in [0.1, 0.15) is 11.9 Å². The van der Waals surface area contributed by atoms with Crippen molar-refractivity contribution in [2.45, 2.75) is 13.0 Å². The Bertz CT molecular complexity index is 1690. The molecule has 1 atom stereocenters. The van der Waals surface area contributed by atoms with E-state index in [1.54, 1.807) is 36.7 Å². The van der Waals surface area contributed by atoms with Gasteiger partial charge in [0.25, 0.3) is 5.91 Å². The number of hydrogen-bond donors (Lipinski definition) is 2. The number of hydrogen-bond acceptors (Lipinski definition) is 8. The molecule has 5 aromatic rings. The summed E-state index contributed by atoms with van der Waals surface area (Å²) in [7, 11) is 1.53. The molecule has 0 bridgehead atoms. The molecule has 0 saturated heterocycles. The second-order valence-corrected chi connectivity index (χ2v) is 8.82. The molecular weight excluding hydrogens is 534 g/mol. The van der Waals surface area contributed by atoms with E-state index >= 15 is 0 Å². The van der Waals surface area contributed by atoms with Gasteiger partial charge >= 0.3 is 6.09 Å². The van der Waals surface area contributed by atoms with Crippen LogP contribution in [0.1, 0.15) is 28.9 Å². The van der Waals surface area contributed by atoms with Gasteiger partial charge in [-0.25, -0.2) is 18.9 Å². The minimum Gasteiger partial charge on any atom is -0.441 e. The molecule has 0 aliphatic carbocycles. The molecule has 2 amide bonds. The van der Waals surface area contributed by atoms with E-state index in [1.165, 1.54) is 24.9 Å². The van der Waals surface area contributed by atoms with E-state index in [1.807, 2.05) is 24.3 Å². The van der Waals surface area contributed by atoms with Gasteiger partial charge in [-0.1, -0.05) is 23.4 Å². The van der Waals surface area contributed by atoms with E-state index in [9.17, 15) is 18.4 Å². The molecule has 0 radical (unpaired) electrons. The van der Waals surface area contributed by atoms with Crippen LogP contribution in [0.15, 0.2) is 79.4 Å². The van der Waals surface area contributed by atoms with Crippen LogP contribution in [-0.4, -0.2) is 41.9 Å². The maximum absolute atomic E-state index is 13.9. The van der Waals surface area contributed by atoms with Crippen molar-refractivity contribution in [3.8, 4) is 22.5 Å². The van der Waals surface area contributed by atoms with Gasteiger partial charge in [-0.2, -0.15) is 4.39 Å². The number of anilines is 2. The molecule has 206 valence electrons. The Labute approximate surface area is 232 Å². The van der Waals surface area contributed by atoms with Crippen molar-refractivity contribution in [3.05, 3.63) is 102 Å². The normalized spacial score (nSPS) is 11.5. The highest BCUT2D eigenvalue weighted by atomic mass is 19.1. The van der Waals surface area contributed by atoms with Crippen molar-refractivity contribution in [2.75, 3.05) is 10.6 Å². The predicted octanol–water partition coefficient (Wildman–Crippen LogP) is 5.17. The summed E-state index contributed by atoms with van der Waals surface area (Å²) in [5, 5.41) is 13.3. The summed E-state index contributed by atoms with van der Waals surface area (Å²) in [4.78, 5) is 37.0. The van der Waals surface area contributed by atoms with Gasteiger partial charge < -0.3 is 10.1 Å². The molecule has 0 spiro atoms. The lowest BCUT2D eigenvalue weighted by molar-refractivity contribution is 0.102. The molecule has 0 saturated carbocycles. The van der Waals surface area contributed by atoms with Crippen molar-refractivity contribution in [1.82, 2.24) is 29.9 Å². The molecule has 0 aliphatic rings. The van der Waals surface area contributed by atoms with Crippen molar-refractivity contribution in [1.29, 1.82) is 0 Å². The third-order valence-corrected chi connectivity index (χ3v) is 6.01. The zero-order valence-electron chi connectivity index (χ0n) is 21.7. The van der Waals surface area contributed by atoms with Crippen molar-refractivity contribution >= 4 is 23.5 Å². The van der Waals surface area contributed by atoms with Crippen LogP contribution >= 0.6 is 0 Å². The van der Waals surface area contributed by atoms with Crippen molar-refractivity contribution in [2.24, 2.45) is 7.05 Å². The second kappa shape index (κ2) is 11.7. The summed E-state index contributed by atoms with van der Waals surface area (Å²) in [5.74, 6) is -1.95. The summed E-state index contributed by atoms with van der Waals surface area (Å²) < 4.78 is 33.9. The van der Waals surface area contributed by atoms with Crippen LogP contribution in [0.25, 0.3) is 22.5 Å². The van der Waals surface area contributed by atoms with Crippen molar-refractivity contribution in [3.63, 3.8) is 0 Å². The fourth-order valence-electron chi connectivity index (χ4n) is 3.89. The van der Waals surface area contributed by atoms with Gasteiger partial charge in [0, 0.05) is 31.3 Å². The Morgan fingerprint density at radius 2 is 1.76 bits per heavy atom. The smallest absolute Gasteiger partial charge is 0.413 e. The number of nitrogens with zero attached hydrogens (tertiary/aromatic N) is 6. The number of nitrogens with one attached hydrogen (secondary N) is 2. The summed E-state index contributed by atoms with van der Waals surface area (Å²) >= 11 is 0. The number of carbonyl (C=O) groups excluding carboxylic acids is 2. The predicted molar refractivity (Wildman–Crippen MR) is 145 cm³/mol. The minimum absolute atomic E-state index is 0.137. The molecule has 4 aromatic heterocycles. The van der Waals surface area contributed by atoms with E-state index in [0.29, 0.717) is 16.9 Å². The highest BCUT2D eigenvalue weighted by Gasteiger charge is 2.21. The van der Waals surface area contributed by atoms with Gasteiger partial charge in [-0.05, 0) is 54.4 Å². The zero-order valence-corrected chi connectivity index (χ0v) is 21.7. The summed E-state index contributed by atoms with van der Waals surface area (Å²) in [6.45, 7) is 1.38. The summed E-state index contributed by atoms with van der Waals surface area (Å²) in [6.07, 6.45) is 3.46. The maximum Gasteiger partial charge on any atom is 0.413 e. The lowest BCUT2D eigenvalue weighted by Crippen LogP contribution is -2.19. The molecule has 0 fully saturated rings. The van der Waals surface area contributed by atoms with E-state index < -0.39 is 24.0 Å². The number of amides is 2. The Kier molecular flexibility index (Phi) is 7.67. The number of pyridine rings is 3. The first kappa shape index (κ1) is 27.0. The van der Waals surface area contributed by atoms with Crippen molar-refractivity contribution < 1.29 is 23.1 Å². The number of carbonyl (C=O) groups is 2. The molecule has 41 heavy (non-hydrogen) atoms. The van der Waals surface area contributed by atoms with Gasteiger partial charge in [0.05, 0.1) is 23.0 Å². The summed E-state index contributed by atoms with van der Waals surface area (Å²) in [5.41, 5.74) is 3.13. The van der Waals surface area contributed by atoms with Gasteiger partial charge in [0.15, 0.2) is 11.5 Å². The monoisotopic (exact) mass is 556 g/mol. The summed E-state index contributed by atoms with van der Waals surface area (Å²) in [6, 6.07) is 15.2. The third kappa shape index (κ3) is 6.19. The van der Waals surface area contributed by atoms with Crippen LogP contribution in [0.5, 0.6) is 0 Å². The fraction of sp³-hybridized carbons (Fsp3) is 0.107. The molecule has 2 N–H and O–H groups in total. The number of ether oxygens (including phenoxy) is 1. The van der Waals surface area contributed by atoms with Crippen LogP contribution in [0.4, 0.5) is 25.1 Å². The first-order valence-electron chi connectivity index (χ1n) is 12.2. The average Bonchev–Trinajstić information content (AvgIpc) is 3.34. The molecule has 5 rings (SSSR count). The SMILES string of the molecule is C[C@@H](OC(=O)Nc1c(-c2ccc(C(=O)Nc3ccc(-c4cccnc4)cc3)cn2)nnn1C)c1cc(F)cnc1F. The van der Waals surface area contributed by atoms with Gasteiger partial charge in [0.2, 0.25) is 5.95 Å². The zero-order chi connectivity index (χ0) is 28.9. The van der Waals surface area contributed by atoms with Crippen LogP contribution in [0.3, 0.4) is 0 Å². The Balaban J connectivity index is 1.24. The first-order valence-corrected chi connectivity index (χ1v) is 12.2. The van der Waals surface area contributed by atoms with Crippen LogP contribution in [0, 0.1) is 11.8 Å². The van der Waals surface area contributed by atoms with E-state index in [4.69, 9.17) is 4.74 Å². The molecule has 13 heteroatoms. The number of rotatable bonds is 7. The fourth-order valence-corrected chi connectivity index (χ4v) is 3.89. The first-order chi connectivity index (χ1) is 19.8. The van der Waals surface area contributed by atoms with E-state index in [0.717, 1.165) is 23.4 Å². The Morgan fingerprint density at radius 3 is 2.46 bits per heavy atom. The highest BCUT2D eigenvalue weighted by molar-refractivity contribution is 6.04. The molecule has 0 aliphatic heterocycles. The highest BCUT2D eigenvalue weighted by Crippen LogP contribution is 2.26. The lowest BCUT2D eigenvalue weighted by Gasteiger charge is -2.15. The molecular formula is C28H22F2N8O3. The number of halogens is 2.